The van der Waals surface area contributed by atoms with Crippen LogP contribution in [-0.4, -0.2) is 11.9 Å². The summed E-state index contributed by atoms with van der Waals surface area (Å²) in [5.74, 6) is 1.55. The average Bonchev–Trinajstić information content (AvgIpc) is 2.98. The minimum atomic E-state index is -0.00324. The van der Waals surface area contributed by atoms with E-state index in [9.17, 15) is 4.79 Å². The molecule has 102 valence electrons. The smallest absolute Gasteiger partial charge is 0.251 e. The molecule has 3 heteroatoms. The quantitative estimate of drug-likeness (QED) is 0.779. The molecule has 0 saturated heterocycles. The third-order valence-electron chi connectivity index (χ3n) is 3.60. The van der Waals surface area contributed by atoms with Gasteiger partial charge in [0.2, 0.25) is 0 Å². The molecule has 1 unspecified atom stereocenters. The van der Waals surface area contributed by atoms with Crippen LogP contribution in [0.4, 0.5) is 5.69 Å². The molecular formula is C17H17NO2. The topological polar surface area (TPSA) is 33.5 Å². The van der Waals surface area contributed by atoms with Crippen LogP contribution in [0.2, 0.25) is 0 Å². The van der Waals surface area contributed by atoms with E-state index in [2.05, 4.69) is 13.0 Å². The number of hydrogen-bond acceptors (Lipinski definition) is 2. The molecular weight excluding hydrogens is 250 g/mol. The van der Waals surface area contributed by atoms with Crippen LogP contribution in [0.1, 0.15) is 24.0 Å². The zero-order valence-corrected chi connectivity index (χ0v) is 11.7. The van der Waals surface area contributed by atoms with Gasteiger partial charge in [-0.3, -0.25) is 4.79 Å². The number of amides is 1. The Morgan fingerprint density at radius 1 is 1.30 bits per heavy atom. The van der Waals surface area contributed by atoms with Gasteiger partial charge in [-0.25, -0.2) is 0 Å². The van der Waals surface area contributed by atoms with Gasteiger partial charge in [0.05, 0.1) is 0 Å². The number of para-hydroxylation sites is 1. The molecule has 2 heterocycles. The van der Waals surface area contributed by atoms with Gasteiger partial charge in [0.15, 0.2) is 0 Å². The Morgan fingerprint density at radius 2 is 2.10 bits per heavy atom. The number of nitrogens with zero attached hydrogens (tertiary/aromatic N) is 1. The molecule has 1 aliphatic heterocycles. The average molecular weight is 267 g/mol. The summed E-state index contributed by atoms with van der Waals surface area (Å²) in [6.07, 6.45) is 4.22. The van der Waals surface area contributed by atoms with Gasteiger partial charge in [-0.05, 0) is 50.1 Å². The van der Waals surface area contributed by atoms with E-state index in [0.29, 0.717) is 5.76 Å². The molecule has 1 atom stereocenters. The number of hydrogen-bond donors (Lipinski definition) is 0. The highest BCUT2D eigenvalue weighted by Crippen LogP contribution is 2.31. The van der Waals surface area contributed by atoms with Crippen LogP contribution in [-0.2, 0) is 11.2 Å². The Hall–Kier alpha value is -2.29. The second-order valence-corrected chi connectivity index (χ2v) is 5.17. The molecule has 1 aromatic carbocycles. The number of rotatable bonds is 2. The summed E-state index contributed by atoms with van der Waals surface area (Å²) >= 11 is 0. The lowest BCUT2D eigenvalue weighted by molar-refractivity contribution is -0.114. The number of anilines is 1. The predicted molar refractivity (Wildman–Crippen MR) is 79.6 cm³/mol. The van der Waals surface area contributed by atoms with Crippen LogP contribution in [0.3, 0.4) is 0 Å². The summed E-state index contributed by atoms with van der Waals surface area (Å²) in [5, 5.41) is 0. The first-order valence-electron chi connectivity index (χ1n) is 6.81. The molecule has 3 nitrogen and oxygen atoms in total. The van der Waals surface area contributed by atoms with Crippen molar-refractivity contribution >= 4 is 17.7 Å². The molecule has 0 bridgehead atoms. The maximum absolute atomic E-state index is 12.4. The van der Waals surface area contributed by atoms with Gasteiger partial charge in [0, 0.05) is 17.8 Å². The van der Waals surface area contributed by atoms with Crippen molar-refractivity contribution in [3.8, 4) is 0 Å². The third-order valence-corrected chi connectivity index (χ3v) is 3.60. The normalized spacial score (nSPS) is 17.7. The summed E-state index contributed by atoms with van der Waals surface area (Å²) in [5.41, 5.74) is 2.25. The molecule has 0 fully saturated rings. The number of carbonyl (C=O) groups is 1. The zero-order chi connectivity index (χ0) is 14.1. The standard InChI is InChI=1S/C17H17NO2/c1-12-11-14-5-3-4-6-16(14)18(12)17(19)10-9-15-8-7-13(2)20-15/h3-10,12H,11H2,1-2H3. The summed E-state index contributed by atoms with van der Waals surface area (Å²) in [7, 11) is 0. The van der Waals surface area contributed by atoms with E-state index >= 15 is 0 Å². The molecule has 1 aliphatic rings. The van der Waals surface area contributed by atoms with Crippen LogP contribution < -0.4 is 4.90 Å². The molecule has 1 amide bonds. The maximum atomic E-state index is 12.4. The molecule has 3 rings (SSSR count). The monoisotopic (exact) mass is 267 g/mol. The Bertz CT molecular complexity index is 669. The lowest BCUT2D eigenvalue weighted by Crippen LogP contribution is -2.34. The number of aryl methyl sites for hydroxylation is 1. The van der Waals surface area contributed by atoms with Crippen molar-refractivity contribution in [1.82, 2.24) is 0 Å². The highest BCUT2D eigenvalue weighted by atomic mass is 16.3. The Balaban J connectivity index is 1.82. The largest absolute Gasteiger partial charge is 0.462 e. The van der Waals surface area contributed by atoms with E-state index in [1.165, 1.54) is 5.56 Å². The van der Waals surface area contributed by atoms with Crippen LogP contribution in [0.15, 0.2) is 46.9 Å². The highest BCUT2D eigenvalue weighted by Gasteiger charge is 2.29. The molecule has 0 spiro atoms. The second kappa shape index (κ2) is 5.00. The van der Waals surface area contributed by atoms with Gasteiger partial charge in [0.1, 0.15) is 11.5 Å². The fourth-order valence-electron chi connectivity index (χ4n) is 2.68. The number of furan rings is 1. The molecule has 0 radical (unpaired) electrons. The van der Waals surface area contributed by atoms with Crippen LogP contribution in [0.5, 0.6) is 0 Å². The van der Waals surface area contributed by atoms with Gasteiger partial charge in [0.25, 0.3) is 5.91 Å². The fraction of sp³-hybridized carbons (Fsp3) is 0.235. The molecule has 20 heavy (non-hydrogen) atoms. The van der Waals surface area contributed by atoms with Crippen molar-refractivity contribution in [2.75, 3.05) is 4.90 Å². The van der Waals surface area contributed by atoms with Gasteiger partial charge < -0.3 is 9.32 Å². The van der Waals surface area contributed by atoms with Crippen molar-refractivity contribution in [3.63, 3.8) is 0 Å². The SMILES string of the molecule is Cc1ccc(C=CC(=O)N2c3ccccc3CC2C)o1. The number of fused-ring (bicyclic) bond motifs is 1. The van der Waals surface area contributed by atoms with E-state index in [1.54, 1.807) is 12.2 Å². The molecule has 0 aliphatic carbocycles. The van der Waals surface area contributed by atoms with Gasteiger partial charge in [-0.15, -0.1) is 0 Å². The molecule has 1 aromatic heterocycles. The van der Waals surface area contributed by atoms with E-state index in [1.807, 2.05) is 42.2 Å². The highest BCUT2D eigenvalue weighted by molar-refractivity contribution is 6.05. The first-order valence-corrected chi connectivity index (χ1v) is 6.81. The van der Waals surface area contributed by atoms with Crippen molar-refractivity contribution in [2.24, 2.45) is 0 Å². The van der Waals surface area contributed by atoms with Gasteiger partial charge in [-0.2, -0.15) is 0 Å². The molecule has 2 aromatic rings. The number of benzene rings is 1. The van der Waals surface area contributed by atoms with Crippen molar-refractivity contribution in [3.05, 3.63) is 59.6 Å². The maximum Gasteiger partial charge on any atom is 0.251 e. The predicted octanol–water partition coefficient (Wildman–Crippen LogP) is 3.58. The van der Waals surface area contributed by atoms with Gasteiger partial charge in [-0.1, -0.05) is 18.2 Å². The second-order valence-electron chi connectivity index (χ2n) is 5.17. The Kier molecular flexibility index (Phi) is 3.18. The van der Waals surface area contributed by atoms with E-state index in [-0.39, 0.29) is 11.9 Å². The van der Waals surface area contributed by atoms with E-state index in [4.69, 9.17) is 4.42 Å². The lowest BCUT2D eigenvalue weighted by atomic mass is 10.1. The molecule has 0 N–H and O–H groups in total. The molecule has 0 saturated carbocycles. The van der Waals surface area contributed by atoms with E-state index < -0.39 is 0 Å². The Labute approximate surface area is 118 Å². The fourth-order valence-corrected chi connectivity index (χ4v) is 2.68. The third kappa shape index (κ3) is 2.27. The Morgan fingerprint density at radius 3 is 2.85 bits per heavy atom. The van der Waals surface area contributed by atoms with Crippen molar-refractivity contribution < 1.29 is 9.21 Å². The first kappa shape index (κ1) is 12.7. The van der Waals surface area contributed by atoms with Crippen molar-refractivity contribution in [1.29, 1.82) is 0 Å². The van der Waals surface area contributed by atoms with Crippen LogP contribution in [0, 0.1) is 6.92 Å². The van der Waals surface area contributed by atoms with Crippen molar-refractivity contribution in [2.45, 2.75) is 26.3 Å². The minimum Gasteiger partial charge on any atom is -0.462 e. The van der Waals surface area contributed by atoms with E-state index in [0.717, 1.165) is 17.9 Å². The van der Waals surface area contributed by atoms with Crippen LogP contribution >= 0.6 is 0 Å². The van der Waals surface area contributed by atoms with Gasteiger partial charge >= 0.3 is 0 Å². The summed E-state index contributed by atoms with van der Waals surface area (Å²) in [4.78, 5) is 14.2. The number of carbonyl (C=O) groups excluding carboxylic acids is 1. The summed E-state index contributed by atoms with van der Waals surface area (Å²) in [6, 6.07) is 12.0. The summed E-state index contributed by atoms with van der Waals surface area (Å²) < 4.78 is 5.44. The van der Waals surface area contributed by atoms with Crippen LogP contribution in [0.25, 0.3) is 6.08 Å². The first-order chi connectivity index (χ1) is 9.65. The summed E-state index contributed by atoms with van der Waals surface area (Å²) in [6.45, 7) is 3.96. The lowest BCUT2D eigenvalue weighted by Gasteiger charge is -2.20. The minimum absolute atomic E-state index is 0.00324. The zero-order valence-electron chi connectivity index (χ0n) is 11.7.